The van der Waals surface area contributed by atoms with Crippen LogP contribution in [0.25, 0.3) is 0 Å². The van der Waals surface area contributed by atoms with Crippen LogP contribution in [-0.4, -0.2) is 28.2 Å². The van der Waals surface area contributed by atoms with Crippen LogP contribution in [0, 0.1) is 4.77 Å². The van der Waals surface area contributed by atoms with Gasteiger partial charge in [0, 0.05) is 0 Å². The number of nitrogens with one attached hydrogen (secondary N) is 3. The fraction of sp³-hybridized carbons (Fsp3) is 0.600. The molecule has 6 heteroatoms. The maximum atomic E-state index is 11.6. The predicted octanol–water partition coefficient (Wildman–Crippen LogP) is -0.293. The van der Waals surface area contributed by atoms with Gasteiger partial charge < -0.3 is 15.0 Å². The quantitative estimate of drug-likeness (QED) is 0.538. The molecule has 1 aliphatic heterocycles. The molecule has 16 heavy (non-hydrogen) atoms. The zero-order valence-electron chi connectivity index (χ0n) is 9.01. The Labute approximate surface area is 98.1 Å². The van der Waals surface area contributed by atoms with E-state index in [-0.39, 0.29) is 16.2 Å². The summed E-state index contributed by atoms with van der Waals surface area (Å²) >= 11 is 4.77. The van der Waals surface area contributed by atoms with Crippen molar-refractivity contribution in [1.29, 1.82) is 0 Å². The summed E-state index contributed by atoms with van der Waals surface area (Å²) in [7, 11) is 0. The summed E-state index contributed by atoms with van der Waals surface area (Å²) in [4.78, 5) is 18.0. The van der Waals surface area contributed by atoms with Gasteiger partial charge in [-0.15, -0.1) is 0 Å². The van der Waals surface area contributed by atoms with Crippen LogP contribution < -0.4 is 10.5 Å². The molecule has 0 atom stereocenters. The smallest absolute Gasteiger partial charge is 0.264 e. The van der Waals surface area contributed by atoms with Gasteiger partial charge in [-0.3, -0.25) is 9.78 Å². The molecule has 0 radical (unpaired) electrons. The highest BCUT2D eigenvalue weighted by atomic mass is 32.1. The molecular weight excluding hydrogens is 226 g/mol. The number of quaternary nitrogens is 1. The summed E-state index contributed by atoms with van der Waals surface area (Å²) in [6, 6.07) is 0. The van der Waals surface area contributed by atoms with Crippen molar-refractivity contribution in [3.63, 3.8) is 0 Å². The third-order valence-electron chi connectivity index (χ3n) is 3.01. The molecule has 1 aromatic heterocycles. The van der Waals surface area contributed by atoms with Crippen molar-refractivity contribution >= 4 is 12.2 Å². The van der Waals surface area contributed by atoms with Crippen LogP contribution in [0.4, 0.5) is 0 Å². The van der Waals surface area contributed by atoms with Crippen molar-refractivity contribution in [1.82, 2.24) is 9.97 Å². The predicted molar refractivity (Wildman–Crippen MR) is 62.2 cm³/mol. The van der Waals surface area contributed by atoms with E-state index < -0.39 is 0 Å². The van der Waals surface area contributed by atoms with Gasteiger partial charge in [0.25, 0.3) is 5.56 Å². The van der Waals surface area contributed by atoms with E-state index in [9.17, 15) is 9.90 Å². The summed E-state index contributed by atoms with van der Waals surface area (Å²) < 4.78 is 0.167. The number of H-pyrrole nitrogens is 2. The van der Waals surface area contributed by atoms with Gasteiger partial charge in [-0.05, 0) is 31.5 Å². The van der Waals surface area contributed by atoms with Crippen molar-refractivity contribution in [2.75, 3.05) is 13.1 Å². The summed E-state index contributed by atoms with van der Waals surface area (Å²) in [6.45, 7) is 2.69. The molecule has 0 aliphatic carbocycles. The Balaban J connectivity index is 2.20. The molecule has 0 aromatic carbocycles. The van der Waals surface area contributed by atoms with E-state index in [0.29, 0.717) is 12.1 Å². The zero-order valence-corrected chi connectivity index (χ0v) is 9.82. The molecule has 1 fully saturated rings. The van der Waals surface area contributed by atoms with Crippen molar-refractivity contribution in [2.24, 2.45) is 0 Å². The van der Waals surface area contributed by atoms with Crippen LogP contribution in [0.2, 0.25) is 0 Å². The topological polar surface area (TPSA) is 73.3 Å². The molecule has 2 rings (SSSR count). The van der Waals surface area contributed by atoms with E-state index in [2.05, 4.69) is 9.97 Å². The number of aromatic amines is 2. The lowest BCUT2D eigenvalue weighted by atomic mass is 10.1. The van der Waals surface area contributed by atoms with Crippen LogP contribution in [0.15, 0.2) is 4.79 Å². The van der Waals surface area contributed by atoms with E-state index in [0.717, 1.165) is 13.1 Å². The van der Waals surface area contributed by atoms with Crippen LogP contribution >= 0.6 is 12.2 Å². The van der Waals surface area contributed by atoms with E-state index in [1.54, 1.807) is 0 Å². The Morgan fingerprint density at radius 2 is 1.94 bits per heavy atom. The van der Waals surface area contributed by atoms with Gasteiger partial charge >= 0.3 is 0 Å². The SMILES string of the molecule is O=c1[nH]c(=S)[nH]c(O)c1C[NH+]1CCCCC1. The first kappa shape index (κ1) is 11.3. The van der Waals surface area contributed by atoms with E-state index in [1.165, 1.54) is 24.2 Å². The summed E-state index contributed by atoms with van der Waals surface area (Å²) in [6.07, 6.45) is 3.65. The van der Waals surface area contributed by atoms with Crippen molar-refractivity contribution in [2.45, 2.75) is 25.8 Å². The van der Waals surface area contributed by atoms with Crippen LogP contribution in [0.1, 0.15) is 24.8 Å². The molecule has 0 amide bonds. The normalized spacial score (nSPS) is 17.5. The average molecular weight is 242 g/mol. The number of hydrogen-bond acceptors (Lipinski definition) is 3. The number of aromatic nitrogens is 2. The molecule has 0 bridgehead atoms. The molecule has 0 unspecified atom stereocenters. The molecule has 0 spiro atoms. The molecule has 4 N–H and O–H groups in total. The molecule has 5 nitrogen and oxygen atoms in total. The summed E-state index contributed by atoms with van der Waals surface area (Å²) in [5.41, 5.74) is 0.129. The highest BCUT2D eigenvalue weighted by Crippen LogP contribution is 2.05. The van der Waals surface area contributed by atoms with E-state index >= 15 is 0 Å². The van der Waals surface area contributed by atoms with Gasteiger partial charge in [-0.1, -0.05) is 0 Å². The Hall–Kier alpha value is -1.14. The third kappa shape index (κ3) is 2.51. The first-order valence-electron chi connectivity index (χ1n) is 5.55. The Bertz CT molecular complexity index is 474. The molecule has 88 valence electrons. The minimum Gasteiger partial charge on any atom is -0.494 e. The molecule has 2 heterocycles. The van der Waals surface area contributed by atoms with Crippen molar-refractivity contribution in [3.05, 3.63) is 20.7 Å². The highest BCUT2D eigenvalue weighted by molar-refractivity contribution is 7.71. The lowest BCUT2D eigenvalue weighted by Crippen LogP contribution is -3.11. The minimum absolute atomic E-state index is 0.0909. The van der Waals surface area contributed by atoms with Crippen LogP contribution in [0.3, 0.4) is 0 Å². The second-order valence-corrected chi connectivity index (χ2v) is 4.63. The molecule has 1 aliphatic rings. The minimum atomic E-state index is -0.278. The van der Waals surface area contributed by atoms with Gasteiger partial charge in [0.2, 0.25) is 5.88 Å². The lowest BCUT2D eigenvalue weighted by Gasteiger charge is -2.23. The number of rotatable bonds is 2. The monoisotopic (exact) mass is 242 g/mol. The van der Waals surface area contributed by atoms with E-state index in [4.69, 9.17) is 12.2 Å². The van der Waals surface area contributed by atoms with Gasteiger partial charge in [-0.2, -0.15) is 0 Å². The number of likely N-dealkylation sites (tertiary alicyclic amines) is 1. The first-order chi connectivity index (χ1) is 7.66. The number of piperidine rings is 1. The zero-order chi connectivity index (χ0) is 11.5. The molecular formula is C10H16N3O2S+. The maximum Gasteiger partial charge on any atom is 0.264 e. The van der Waals surface area contributed by atoms with Crippen LogP contribution in [0.5, 0.6) is 5.88 Å². The Kier molecular flexibility index (Phi) is 3.40. The standard InChI is InChI=1S/C10H15N3O2S/c14-8-7(9(15)12-10(16)11-8)6-13-4-2-1-3-5-13/h1-6H2,(H3,11,12,14,15,16)/p+1. The van der Waals surface area contributed by atoms with Gasteiger partial charge in [0.15, 0.2) is 4.77 Å². The Morgan fingerprint density at radius 3 is 2.56 bits per heavy atom. The number of hydrogen-bond donors (Lipinski definition) is 4. The highest BCUT2D eigenvalue weighted by Gasteiger charge is 2.18. The molecule has 1 saturated heterocycles. The van der Waals surface area contributed by atoms with Gasteiger partial charge in [0.1, 0.15) is 12.1 Å². The Morgan fingerprint density at radius 1 is 1.25 bits per heavy atom. The maximum absolute atomic E-state index is 11.6. The lowest BCUT2D eigenvalue weighted by molar-refractivity contribution is -0.918. The molecule has 0 saturated carbocycles. The van der Waals surface area contributed by atoms with Crippen LogP contribution in [-0.2, 0) is 6.54 Å². The van der Waals surface area contributed by atoms with Crippen molar-refractivity contribution < 1.29 is 10.0 Å². The summed E-state index contributed by atoms with van der Waals surface area (Å²) in [5, 5.41) is 9.65. The second kappa shape index (κ2) is 4.80. The number of aromatic hydroxyl groups is 1. The largest absolute Gasteiger partial charge is 0.494 e. The molecule has 1 aromatic rings. The average Bonchev–Trinajstić information content (AvgIpc) is 2.25. The van der Waals surface area contributed by atoms with E-state index in [1.807, 2.05) is 0 Å². The summed E-state index contributed by atoms with van der Waals surface area (Å²) in [5.74, 6) is -0.0909. The van der Waals surface area contributed by atoms with Gasteiger partial charge in [-0.25, -0.2) is 0 Å². The van der Waals surface area contributed by atoms with Crippen molar-refractivity contribution in [3.8, 4) is 5.88 Å². The van der Waals surface area contributed by atoms with Gasteiger partial charge in [0.05, 0.1) is 13.1 Å². The first-order valence-corrected chi connectivity index (χ1v) is 5.95. The third-order valence-corrected chi connectivity index (χ3v) is 3.21. The fourth-order valence-electron chi connectivity index (χ4n) is 2.14. The fourth-order valence-corrected chi connectivity index (χ4v) is 2.33. The second-order valence-electron chi connectivity index (χ2n) is 4.22.